The number of carbonyl (C=O) groups excluding carboxylic acids is 2. The molecule has 0 fully saturated rings. The molecular weight excluding hydrogens is 496 g/mol. The minimum absolute atomic E-state index is 0.205. The molecule has 0 saturated heterocycles. The van der Waals surface area contributed by atoms with Crippen LogP contribution < -0.4 is 4.74 Å². The van der Waals surface area contributed by atoms with Crippen LogP contribution in [0.15, 0.2) is 42.5 Å². The zero-order valence-corrected chi connectivity index (χ0v) is 22.8. The van der Waals surface area contributed by atoms with E-state index in [-0.39, 0.29) is 25.0 Å². The van der Waals surface area contributed by atoms with Crippen LogP contribution in [0.5, 0.6) is 5.75 Å². The van der Waals surface area contributed by atoms with Crippen molar-refractivity contribution in [1.29, 1.82) is 0 Å². The molecule has 0 saturated carbocycles. The van der Waals surface area contributed by atoms with Gasteiger partial charge in [0.2, 0.25) is 0 Å². The Morgan fingerprint density at radius 3 is 2.19 bits per heavy atom. The number of carbonyl (C=O) groups is 2. The van der Waals surface area contributed by atoms with Gasteiger partial charge in [-0.05, 0) is 67.3 Å². The first-order valence-electron chi connectivity index (χ1n) is 12.6. The summed E-state index contributed by atoms with van der Waals surface area (Å²) in [6.07, 6.45) is 7.47. The monoisotopic (exact) mass is 534 g/mol. The number of esters is 2. The van der Waals surface area contributed by atoms with E-state index >= 15 is 0 Å². The maximum atomic E-state index is 12.0. The molecule has 37 heavy (non-hydrogen) atoms. The lowest BCUT2D eigenvalue weighted by molar-refractivity contribution is -0.140. The Kier molecular flexibility index (Phi) is 13.1. The van der Waals surface area contributed by atoms with Crippen LogP contribution in [0.4, 0.5) is 0 Å². The van der Waals surface area contributed by atoms with Crippen LogP contribution in [0.25, 0.3) is 0 Å². The molecule has 2 aromatic rings. The Labute approximate surface area is 220 Å². The number of unbranched alkanes of at least 4 members (excludes halogenated alkanes) is 3. The average Bonchev–Trinajstić information content (AvgIpc) is 2.88. The third kappa shape index (κ3) is 11.3. The van der Waals surface area contributed by atoms with Crippen LogP contribution in [0, 0.1) is 0 Å². The lowest BCUT2D eigenvalue weighted by atomic mass is 9.96. The van der Waals surface area contributed by atoms with E-state index in [1.54, 1.807) is 6.07 Å². The van der Waals surface area contributed by atoms with Gasteiger partial charge in [-0.15, -0.1) is 0 Å². The van der Waals surface area contributed by atoms with Crippen LogP contribution in [-0.2, 0) is 47.8 Å². The largest absolute Gasteiger partial charge is 0.493 e. The van der Waals surface area contributed by atoms with Gasteiger partial charge in [0.05, 0.1) is 39.3 Å². The van der Waals surface area contributed by atoms with Gasteiger partial charge in [0.1, 0.15) is 5.75 Å². The fraction of sp³-hybridized carbons (Fsp3) is 0.500. The van der Waals surface area contributed by atoms with E-state index in [0.717, 1.165) is 54.4 Å². The molecule has 2 aromatic carbocycles. The van der Waals surface area contributed by atoms with Crippen LogP contribution in [0.2, 0.25) is 0 Å². The Morgan fingerprint density at radius 1 is 0.757 bits per heavy atom. The summed E-state index contributed by atoms with van der Waals surface area (Å²) in [6, 6.07) is 13.3. The first kappa shape index (κ1) is 30.3. The highest BCUT2D eigenvalue weighted by Crippen LogP contribution is 2.26. The van der Waals surface area contributed by atoms with E-state index < -0.39 is 10.1 Å². The first-order chi connectivity index (χ1) is 17.7. The quantitative estimate of drug-likeness (QED) is 0.164. The van der Waals surface area contributed by atoms with Crippen LogP contribution in [-0.4, -0.2) is 54.0 Å². The fourth-order valence-corrected chi connectivity index (χ4v) is 4.49. The minimum atomic E-state index is -3.39. The summed E-state index contributed by atoms with van der Waals surface area (Å²) in [5, 5.41) is 0. The number of rotatable bonds is 17. The molecule has 0 heterocycles. The molecule has 0 aliphatic heterocycles. The summed E-state index contributed by atoms with van der Waals surface area (Å²) in [7, 11) is -0.637. The number of hydrogen-bond donors (Lipinski definition) is 0. The zero-order chi connectivity index (χ0) is 27.1. The third-order valence-corrected chi connectivity index (χ3v) is 6.54. The van der Waals surface area contributed by atoms with Crippen molar-refractivity contribution in [2.75, 3.05) is 33.7 Å². The second kappa shape index (κ2) is 16.0. The Bertz CT molecular complexity index is 1110. The molecule has 0 aliphatic rings. The van der Waals surface area contributed by atoms with Gasteiger partial charge in [0, 0.05) is 6.42 Å². The van der Waals surface area contributed by atoms with Gasteiger partial charge < -0.3 is 14.2 Å². The predicted molar refractivity (Wildman–Crippen MR) is 141 cm³/mol. The molecule has 0 radical (unpaired) electrons. The van der Waals surface area contributed by atoms with Gasteiger partial charge in [0.25, 0.3) is 10.1 Å². The van der Waals surface area contributed by atoms with Gasteiger partial charge in [-0.25, -0.2) is 4.79 Å². The standard InChI is InChI=1S/C28H38O8S/c1-33-27(29)19-18-24-22(12-6-4-5-9-21-36-37(3,31)32)14-10-17-26(24)35-20-11-15-23-13-7-8-16-25(23)28(30)34-2/h7-8,10,13-14,16-17H,4-6,9,11-12,15,18-21H2,1-3H3. The molecule has 0 amide bonds. The molecule has 0 aromatic heterocycles. The SMILES string of the molecule is COC(=O)CCc1c(CCCCCCOS(C)(=O)=O)cccc1OCCCc1ccccc1C(=O)OC. The fourth-order valence-electron chi connectivity index (χ4n) is 4.07. The Hall–Kier alpha value is -2.91. The average molecular weight is 535 g/mol. The van der Waals surface area contributed by atoms with Crippen molar-refractivity contribution in [3.63, 3.8) is 0 Å². The number of aryl methyl sites for hydroxylation is 2. The predicted octanol–water partition coefficient (Wildman–Crippen LogP) is 4.67. The van der Waals surface area contributed by atoms with Gasteiger partial charge >= 0.3 is 11.9 Å². The summed E-state index contributed by atoms with van der Waals surface area (Å²) in [6.45, 7) is 0.668. The minimum Gasteiger partial charge on any atom is -0.493 e. The van der Waals surface area contributed by atoms with Crippen LogP contribution in [0.1, 0.15) is 65.6 Å². The summed E-state index contributed by atoms with van der Waals surface area (Å²) < 4.78 is 42.7. The molecule has 0 aliphatic carbocycles. The molecular formula is C28H38O8S. The zero-order valence-electron chi connectivity index (χ0n) is 22.0. The summed E-state index contributed by atoms with van der Waals surface area (Å²) in [4.78, 5) is 23.8. The van der Waals surface area contributed by atoms with Crippen LogP contribution in [0.3, 0.4) is 0 Å². The normalized spacial score (nSPS) is 11.2. The molecule has 204 valence electrons. The second-order valence-corrected chi connectivity index (χ2v) is 10.4. The lowest BCUT2D eigenvalue weighted by Gasteiger charge is -2.16. The second-order valence-electron chi connectivity index (χ2n) is 8.76. The maximum Gasteiger partial charge on any atom is 0.338 e. The van der Waals surface area contributed by atoms with E-state index in [9.17, 15) is 18.0 Å². The van der Waals surface area contributed by atoms with Crippen molar-refractivity contribution in [2.45, 2.75) is 57.8 Å². The number of hydrogen-bond acceptors (Lipinski definition) is 8. The van der Waals surface area contributed by atoms with Gasteiger partial charge in [-0.3, -0.25) is 8.98 Å². The highest BCUT2D eigenvalue weighted by molar-refractivity contribution is 7.85. The van der Waals surface area contributed by atoms with Crippen molar-refractivity contribution < 1.29 is 36.4 Å². The molecule has 9 heteroatoms. The van der Waals surface area contributed by atoms with E-state index in [2.05, 4.69) is 6.07 Å². The Balaban J connectivity index is 1.95. The van der Waals surface area contributed by atoms with E-state index in [4.69, 9.17) is 18.4 Å². The number of benzene rings is 2. The van der Waals surface area contributed by atoms with E-state index in [0.29, 0.717) is 37.9 Å². The van der Waals surface area contributed by atoms with Crippen LogP contribution >= 0.6 is 0 Å². The summed E-state index contributed by atoms with van der Waals surface area (Å²) in [5.41, 5.74) is 3.61. The molecule has 8 nitrogen and oxygen atoms in total. The van der Waals surface area contributed by atoms with Gasteiger partial charge in [0.15, 0.2) is 0 Å². The molecule has 0 unspecified atom stereocenters. The van der Waals surface area contributed by atoms with Crippen molar-refractivity contribution in [3.8, 4) is 5.75 Å². The third-order valence-electron chi connectivity index (χ3n) is 5.95. The first-order valence-corrected chi connectivity index (χ1v) is 14.4. The molecule has 0 bridgehead atoms. The van der Waals surface area contributed by atoms with Crippen molar-refractivity contribution >= 4 is 22.1 Å². The van der Waals surface area contributed by atoms with Crippen molar-refractivity contribution in [2.24, 2.45) is 0 Å². The Morgan fingerprint density at radius 2 is 1.46 bits per heavy atom. The van der Waals surface area contributed by atoms with Crippen molar-refractivity contribution in [3.05, 3.63) is 64.7 Å². The summed E-state index contributed by atoms with van der Waals surface area (Å²) in [5.74, 6) is 0.132. The topological polar surface area (TPSA) is 105 Å². The van der Waals surface area contributed by atoms with Crippen molar-refractivity contribution in [1.82, 2.24) is 0 Å². The van der Waals surface area contributed by atoms with E-state index in [1.165, 1.54) is 14.2 Å². The molecule has 0 spiro atoms. The smallest absolute Gasteiger partial charge is 0.338 e. The molecule has 2 rings (SSSR count). The lowest BCUT2D eigenvalue weighted by Crippen LogP contribution is -2.09. The number of ether oxygens (including phenoxy) is 3. The maximum absolute atomic E-state index is 12.0. The highest BCUT2D eigenvalue weighted by atomic mass is 32.2. The highest BCUT2D eigenvalue weighted by Gasteiger charge is 2.14. The van der Waals surface area contributed by atoms with E-state index in [1.807, 2.05) is 30.3 Å². The number of methoxy groups -OCH3 is 2. The molecule has 0 N–H and O–H groups in total. The van der Waals surface area contributed by atoms with Gasteiger partial charge in [-0.2, -0.15) is 8.42 Å². The summed E-state index contributed by atoms with van der Waals surface area (Å²) >= 11 is 0. The molecule has 0 atom stereocenters. The van der Waals surface area contributed by atoms with Gasteiger partial charge in [-0.1, -0.05) is 43.2 Å².